The Labute approximate surface area is 180 Å². The predicted octanol–water partition coefficient (Wildman–Crippen LogP) is 2.51. The summed E-state index contributed by atoms with van der Waals surface area (Å²) in [7, 11) is 0. The Morgan fingerprint density at radius 2 is 2.16 bits per heavy atom. The number of nitrogens with zero attached hydrogens (tertiary/aromatic N) is 6. The van der Waals surface area contributed by atoms with Crippen LogP contribution in [-0.4, -0.2) is 44.0 Å². The molecule has 11 nitrogen and oxygen atoms in total. The number of thiophene rings is 1. The molecule has 158 valence electrons. The summed E-state index contributed by atoms with van der Waals surface area (Å²) < 4.78 is 11.6. The van der Waals surface area contributed by atoms with Gasteiger partial charge < -0.3 is 10.5 Å². The number of rotatable bonds is 8. The second kappa shape index (κ2) is 9.17. The Balaban J connectivity index is 1.68. The minimum absolute atomic E-state index is 0.0109. The van der Waals surface area contributed by atoms with Gasteiger partial charge in [-0.2, -0.15) is 9.78 Å². The van der Waals surface area contributed by atoms with E-state index in [0.29, 0.717) is 23.6 Å². The van der Waals surface area contributed by atoms with Crippen LogP contribution in [0, 0.1) is 0 Å². The molecule has 4 rings (SSSR count). The van der Waals surface area contributed by atoms with E-state index in [9.17, 15) is 4.79 Å². The van der Waals surface area contributed by atoms with Gasteiger partial charge in [0.1, 0.15) is 11.4 Å². The number of nitrogens with two attached hydrogens (primary N) is 1. The maximum atomic E-state index is 12.8. The molecule has 4 aromatic rings. The van der Waals surface area contributed by atoms with Gasteiger partial charge in [-0.25, -0.2) is 10.1 Å². The van der Waals surface area contributed by atoms with Gasteiger partial charge in [0.25, 0.3) is 5.91 Å². The summed E-state index contributed by atoms with van der Waals surface area (Å²) in [5.41, 5.74) is 9.32. The molecule has 1 amide bonds. The first-order valence-electron chi connectivity index (χ1n) is 9.31. The van der Waals surface area contributed by atoms with Crippen molar-refractivity contribution >= 4 is 29.3 Å². The highest BCUT2D eigenvalue weighted by Gasteiger charge is 2.25. The van der Waals surface area contributed by atoms with E-state index in [0.717, 1.165) is 11.3 Å². The zero-order valence-corrected chi connectivity index (χ0v) is 17.2. The van der Waals surface area contributed by atoms with Crippen LogP contribution in [0.25, 0.3) is 17.1 Å². The van der Waals surface area contributed by atoms with Crippen molar-refractivity contribution in [2.75, 3.05) is 12.3 Å². The summed E-state index contributed by atoms with van der Waals surface area (Å²) in [5, 5.41) is 21.3. The number of hydrogen-bond acceptors (Lipinski definition) is 10. The van der Waals surface area contributed by atoms with Crippen LogP contribution < -0.4 is 15.9 Å². The fourth-order valence-electron chi connectivity index (χ4n) is 2.68. The molecular formula is C19H18N8O3S. The molecular weight excluding hydrogens is 420 g/mol. The minimum atomic E-state index is -0.546. The highest BCUT2D eigenvalue weighted by Crippen LogP contribution is 2.28. The highest BCUT2D eigenvalue weighted by molar-refractivity contribution is 7.11. The first-order chi connectivity index (χ1) is 15.2. The molecule has 3 aromatic heterocycles. The van der Waals surface area contributed by atoms with Gasteiger partial charge in [0.05, 0.1) is 12.8 Å². The van der Waals surface area contributed by atoms with E-state index in [1.807, 2.05) is 24.4 Å². The SMILES string of the molecule is CCCOc1ccc(-c2c(C(=O)N/N=C/c3cccs3)nnn2-c2nonc2N)cc1. The lowest BCUT2D eigenvalue weighted by molar-refractivity contribution is 0.0950. The number of benzene rings is 1. The molecule has 0 saturated heterocycles. The van der Waals surface area contributed by atoms with Gasteiger partial charge in [-0.3, -0.25) is 4.79 Å². The molecule has 3 heterocycles. The van der Waals surface area contributed by atoms with Crippen LogP contribution in [0.4, 0.5) is 5.82 Å². The Morgan fingerprint density at radius 3 is 2.84 bits per heavy atom. The molecule has 0 spiro atoms. The van der Waals surface area contributed by atoms with E-state index < -0.39 is 5.91 Å². The van der Waals surface area contributed by atoms with E-state index in [1.165, 1.54) is 16.0 Å². The fraction of sp³-hybridized carbons (Fsp3) is 0.158. The lowest BCUT2D eigenvalue weighted by Gasteiger charge is -2.08. The van der Waals surface area contributed by atoms with Crippen molar-refractivity contribution in [2.45, 2.75) is 13.3 Å². The van der Waals surface area contributed by atoms with Gasteiger partial charge in [-0.05, 0) is 52.4 Å². The number of hydrazone groups is 1. The lowest BCUT2D eigenvalue weighted by Crippen LogP contribution is -2.19. The molecule has 3 N–H and O–H groups in total. The zero-order chi connectivity index (χ0) is 21.6. The molecule has 0 aliphatic carbocycles. The maximum Gasteiger partial charge on any atom is 0.294 e. The summed E-state index contributed by atoms with van der Waals surface area (Å²) in [6.45, 7) is 2.64. The first-order valence-corrected chi connectivity index (χ1v) is 10.2. The van der Waals surface area contributed by atoms with Crippen molar-refractivity contribution in [3.05, 3.63) is 52.3 Å². The van der Waals surface area contributed by atoms with Crippen molar-refractivity contribution in [1.29, 1.82) is 0 Å². The standard InChI is InChI=1S/C19H18N8O3S/c1-2-9-29-13-7-5-12(6-8-13)16-15(19(28)23-21-11-14-4-3-10-31-14)22-26-27(16)18-17(20)24-30-25-18/h3-8,10-11H,2,9H2,1H3,(H2,20,24)(H,23,28)/b21-11+. The highest BCUT2D eigenvalue weighted by atomic mass is 32.1. The van der Waals surface area contributed by atoms with E-state index in [2.05, 4.69) is 35.8 Å². The predicted molar refractivity (Wildman–Crippen MR) is 114 cm³/mol. The molecule has 0 aliphatic heterocycles. The monoisotopic (exact) mass is 438 g/mol. The Hall–Kier alpha value is -4.06. The summed E-state index contributed by atoms with van der Waals surface area (Å²) in [4.78, 5) is 13.7. The van der Waals surface area contributed by atoms with E-state index in [-0.39, 0.29) is 17.3 Å². The van der Waals surface area contributed by atoms with Crippen LogP contribution in [0.3, 0.4) is 0 Å². The van der Waals surface area contributed by atoms with E-state index >= 15 is 0 Å². The Kier molecular flexibility index (Phi) is 5.98. The van der Waals surface area contributed by atoms with Gasteiger partial charge in [0.15, 0.2) is 5.69 Å². The average Bonchev–Trinajstić information content (AvgIpc) is 3.53. The lowest BCUT2D eigenvalue weighted by atomic mass is 10.1. The van der Waals surface area contributed by atoms with Gasteiger partial charge in [0.2, 0.25) is 11.6 Å². The van der Waals surface area contributed by atoms with Crippen molar-refractivity contribution in [2.24, 2.45) is 5.10 Å². The van der Waals surface area contributed by atoms with Crippen LogP contribution in [0.1, 0.15) is 28.7 Å². The molecule has 0 bridgehead atoms. The first kappa shape index (κ1) is 20.2. The molecule has 0 saturated carbocycles. The number of carbonyl (C=O) groups is 1. The van der Waals surface area contributed by atoms with Crippen LogP contribution in [-0.2, 0) is 0 Å². The van der Waals surface area contributed by atoms with Gasteiger partial charge in [-0.15, -0.1) is 16.4 Å². The average molecular weight is 438 g/mol. The zero-order valence-electron chi connectivity index (χ0n) is 16.4. The summed E-state index contributed by atoms with van der Waals surface area (Å²) >= 11 is 1.50. The third kappa shape index (κ3) is 4.43. The second-order valence-corrected chi connectivity index (χ2v) is 7.24. The maximum absolute atomic E-state index is 12.8. The van der Waals surface area contributed by atoms with Crippen molar-refractivity contribution < 1.29 is 14.2 Å². The summed E-state index contributed by atoms with van der Waals surface area (Å²) in [6, 6.07) is 10.9. The molecule has 1 aromatic carbocycles. The summed E-state index contributed by atoms with van der Waals surface area (Å²) in [6.07, 6.45) is 2.44. The number of anilines is 1. The van der Waals surface area contributed by atoms with Crippen molar-refractivity contribution in [1.82, 2.24) is 30.7 Å². The molecule has 31 heavy (non-hydrogen) atoms. The third-order valence-corrected chi connectivity index (χ3v) is 4.89. The number of hydrogen-bond donors (Lipinski definition) is 2. The fourth-order valence-corrected chi connectivity index (χ4v) is 3.27. The third-order valence-electron chi connectivity index (χ3n) is 4.08. The Bertz CT molecular complexity index is 1180. The number of nitrogens with one attached hydrogen (secondary N) is 1. The second-order valence-electron chi connectivity index (χ2n) is 6.26. The van der Waals surface area contributed by atoms with E-state index in [4.69, 9.17) is 10.5 Å². The van der Waals surface area contributed by atoms with Crippen LogP contribution in [0.2, 0.25) is 0 Å². The molecule has 0 aliphatic rings. The minimum Gasteiger partial charge on any atom is -0.494 e. The molecule has 12 heteroatoms. The molecule has 0 radical (unpaired) electrons. The summed E-state index contributed by atoms with van der Waals surface area (Å²) in [5.74, 6) is 0.292. The van der Waals surface area contributed by atoms with E-state index in [1.54, 1.807) is 30.5 Å². The number of carbonyl (C=O) groups excluding carboxylic acids is 1. The van der Waals surface area contributed by atoms with Crippen molar-refractivity contribution in [3.63, 3.8) is 0 Å². The smallest absolute Gasteiger partial charge is 0.294 e. The Morgan fingerprint density at radius 1 is 1.32 bits per heavy atom. The molecule has 0 unspecified atom stereocenters. The normalized spacial score (nSPS) is 11.1. The number of amides is 1. The van der Waals surface area contributed by atoms with Gasteiger partial charge in [-0.1, -0.05) is 18.2 Å². The van der Waals surface area contributed by atoms with Gasteiger partial charge in [0, 0.05) is 10.4 Å². The quantitative estimate of drug-likeness (QED) is 0.315. The van der Waals surface area contributed by atoms with Crippen molar-refractivity contribution in [3.8, 4) is 22.8 Å². The largest absolute Gasteiger partial charge is 0.494 e. The van der Waals surface area contributed by atoms with Crippen LogP contribution >= 0.6 is 11.3 Å². The number of aromatic nitrogens is 5. The van der Waals surface area contributed by atoms with Crippen LogP contribution in [0.15, 0.2) is 51.5 Å². The molecule has 0 fully saturated rings. The van der Waals surface area contributed by atoms with Gasteiger partial charge >= 0.3 is 0 Å². The number of nitrogen functional groups attached to an aromatic ring is 1. The topological polar surface area (TPSA) is 146 Å². The molecule has 0 atom stereocenters. The number of ether oxygens (including phenoxy) is 1. The van der Waals surface area contributed by atoms with Crippen LogP contribution in [0.5, 0.6) is 5.75 Å².